The van der Waals surface area contributed by atoms with Crippen LogP contribution in [0.5, 0.6) is 0 Å². The first-order valence-electron chi connectivity index (χ1n) is 8.20. The zero-order valence-corrected chi connectivity index (χ0v) is 15.7. The van der Waals surface area contributed by atoms with Gasteiger partial charge in [0.25, 0.3) is 0 Å². The van der Waals surface area contributed by atoms with Crippen LogP contribution in [0.15, 0.2) is 22.7 Å². The quantitative estimate of drug-likeness (QED) is 0.702. The zero-order chi connectivity index (χ0) is 17.0. The lowest BCUT2D eigenvalue weighted by molar-refractivity contribution is 0.0168. The molecule has 0 heterocycles. The van der Waals surface area contributed by atoms with E-state index in [9.17, 15) is 9.18 Å². The first-order valence-corrected chi connectivity index (χ1v) is 8.99. The highest BCUT2D eigenvalue weighted by Gasteiger charge is 2.30. The van der Waals surface area contributed by atoms with Crippen LogP contribution in [0.2, 0.25) is 0 Å². The Labute approximate surface area is 146 Å². The molecule has 1 aliphatic rings. The summed E-state index contributed by atoms with van der Waals surface area (Å²) in [6.07, 6.45) is 4.71. The lowest BCUT2D eigenvalue weighted by atomic mass is 10.1. The van der Waals surface area contributed by atoms with Crippen molar-refractivity contribution in [3.05, 3.63) is 34.1 Å². The highest BCUT2D eigenvalue weighted by molar-refractivity contribution is 9.10. The molecular formula is C18H25BrFNO2. The molecular weight excluding hydrogens is 361 g/mol. The van der Waals surface area contributed by atoms with Crippen molar-refractivity contribution in [2.45, 2.75) is 64.5 Å². The molecule has 0 radical (unpaired) electrons. The summed E-state index contributed by atoms with van der Waals surface area (Å²) in [4.78, 5) is 14.3. The fourth-order valence-corrected chi connectivity index (χ4v) is 3.15. The molecule has 3 nitrogen and oxygen atoms in total. The van der Waals surface area contributed by atoms with Crippen molar-refractivity contribution in [3.8, 4) is 0 Å². The Morgan fingerprint density at radius 1 is 1.35 bits per heavy atom. The van der Waals surface area contributed by atoms with Gasteiger partial charge in [0.15, 0.2) is 0 Å². The van der Waals surface area contributed by atoms with Crippen LogP contribution in [0.4, 0.5) is 9.18 Å². The van der Waals surface area contributed by atoms with Crippen LogP contribution in [-0.4, -0.2) is 29.2 Å². The van der Waals surface area contributed by atoms with Crippen LogP contribution < -0.4 is 0 Å². The maximum atomic E-state index is 13.6. The third kappa shape index (κ3) is 5.48. The molecule has 1 aromatic rings. The molecule has 1 aromatic carbocycles. The number of hydrogen-bond donors (Lipinski definition) is 0. The number of ether oxygens (including phenoxy) is 1. The topological polar surface area (TPSA) is 29.5 Å². The summed E-state index contributed by atoms with van der Waals surface area (Å²) in [5, 5.41) is 0. The van der Waals surface area contributed by atoms with Gasteiger partial charge in [-0.2, -0.15) is 0 Å². The largest absolute Gasteiger partial charge is 0.444 e. The standard InChI is InChI=1S/C18H25BrFNO2/c1-18(2,3)23-17(22)21(14-6-4-5-7-14)11-10-13-8-9-15(19)16(20)12-13/h8-9,12,14H,4-7,10-11H2,1-3H3. The number of amides is 1. The van der Waals surface area contributed by atoms with Gasteiger partial charge in [-0.05, 0) is 73.7 Å². The summed E-state index contributed by atoms with van der Waals surface area (Å²) < 4.78 is 19.6. The second kappa shape index (κ2) is 7.65. The van der Waals surface area contributed by atoms with Gasteiger partial charge in [0.05, 0.1) is 4.47 Å². The van der Waals surface area contributed by atoms with E-state index in [1.54, 1.807) is 6.07 Å². The summed E-state index contributed by atoms with van der Waals surface area (Å²) in [5.74, 6) is -0.271. The predicted octanol–water partition coefficient (Wildman–Crippen LogP) is 5.31. The number of benzene rings is 1. The van der Waals surface area contributed by atoms with Gasteiger partial charge in [0.1, 0.15) is 11.4 Å². The molecule has 0 spiro atoms. The molecule has 23 heavy (non-hydrogen) atoms. The van der Waals surface area contributed by atoms with Crippen LogP contribution in [-0.2, 0) is 11.2 Å². The van der Waals surface area contributed by atoms with E-state index < -0.39 is 5.60 Å². The molecule has 0 saturated heterocycles. The number of carbonyl (C=O) groups is 1. The average Bonchev–Trinajstić information content (AvgIpc) is 2.95. The van der Waals surface area contributed by atoms with Gasteiger partial charge in [0, 0.05) is 12.6 Å². The number of carbonyl (C=O) groups excluding carboxylic acids is 1. The van der Waals surface area contributed by atoms with E-state index in [2.05, 4.69) is 15.9 Å². The SMILES string of the molecule is CC(C)(C)OC(=O)N(CCc1ccc(Br)c(F)c1)C1CCCC1. The molecule has 0 aromatic heterocycles. The smallest absolute Gasteiger partial charge is 0.410 e. The summed E-state index contributed by atoms with van der Waals surface area (Å²) >= 11 is 3.16. The van der Waals surface area contributed by atoms with Crippen molar-refractivity contribution in [1.29, 1.82) is 0 Å². The highest BCUT2D eigenvalue weighted by Crippen LogP contribution is 2.26. The number of hydrogen-bond acceptors (Lipinski definition) is 2. The van der Waals surface area contributed by atoms with Crippen molar-refractivity contribution in [2.24, 2.45) is 0 Å². The zero-order valence-electron chi connectivity index (χ0n) is 14.1. The van der Waals surface area contributed by atoms with Crippen molar-refractivity contribution in [2.75, 3.05) is 6.54 Å². The molecule has 5 heteroatoms. The van der Waals surface area contributed by atoms with Crippen LogP contribution in [0.25, 0.3) is 0 Å². The summed E-state index contributed by atoms with van der Waals surface area (Å²) in [7, 11) is 0. The molecule has 128 valence electrons. The lowest BCUT2D eigenvalue weighted by Gasteiger charge is -2.31. The Kier molecular flexibility index (Phi) is 6.06. The Morgan fingerprint density at radius 2 is 2.00 bits per heavy atom. The van der Waals surface area contributed by atoms with Crippen molar-refractivity contribution >= 4 is 22.0 Å². The van der Waals surface area contributed by atoms with Gasteiger partial charge in [-0.3, -0.25) is 0 Å². The molecule has 0 bridgehead atoms. The minimum atomic E-state index is -0.502. The van der Waals surface area contributed by atoms with Crippen LogP contribution >= 0.6 is 15.9 Å². The van der Waals surface area contributed by atoms with Gasteiger partial charge >= 0.3 is 6.09 Å². The van der Waals surface area contributed by atoms with Gasteiger partial charge in [0.2, 0.25) is 0 Å². The maximum absolute atomic E-state index is 13.6. The third-order valence-electron chi connectivity index (χ3n) is 4.02. The van der Waals surface area contributed by atoms with Crippen LogP contribution in [0.1, 0.15) is 52.0 Å². The third-order valence-corrected chi connectivity index (χ3v) is 4.66. The number of nitrogens with zero attached hydrogens (tertiary/aromatic N) is 1. The normalized spacial score (nSPS) is 15.7. The molecule has 0 aliphatic heterocycles. The lowest BCUT2D eigenvalue weighted by Crippen LogP contribution is -2.43. The fraction of sp³-hybridized carbons (Fsp3) is 0.611. The molecule has 0 N–H and O–H groups in total. The van der Waals surface area contributed by atoms with E-state index in [0.29, 0.717) is 17.4 Å². The number of rotatable bonds is 4. The highest BCUT2D eigenvalue weighted by atomic mass is 79.9. The minimum absolute atomic E-state index is 0.241. The van der Waals surface area contributed by atoms with E-state index in [4.69, 9.17) is 4.74 Å². The Balaban J connectivity index is 2.04. The number of halogens is 2. The van der Waals surface area contributed by atoms with Gasteiger partial charge < -0.3 is 9.64 Å². The monoisotopic (exact) mass is 385 g/mol. The first-order chi connectivity index (χ1) is 10.8. The van der Waals surface area contributed by atoms with Crippen molar-refractivity contribution in [3.63, 3.8) is 0 Å². The predicted molar refractivity (Wildman–Crippen MR) is 93.0 cm³/mol. The Bertz CT molecular complexity index is 550. The summed E-state index contributed by atoms with van der Waals surface area (Å²) in [5.41, 5.74) is 0.384. The Hall–Kier alpha value is -1.10. The van der Waals surface area contributed by atoms with E-state index in [1.165, 1.54) is 6.07 Å². The fourth-order valence-electron chi connectivity index (χ4n) is 2.90. The molecule has 1 saturated carbocycles. The summed E-state index contributed by atoms with van der Waals surface area (Å²) in [6.45, 7) is 6.19. The van der Waals surface area contributed by atoms with E-state index in [-0.39, 0.29) is 18.0 Å². The second-order valence-corrected chi connectivity index (χ2v) is 7.96. The van der Waals surface area contributed by atoms with Gasteiger partial charge in [-0.1, -0.05) is 18.9 Å². The van der Waals surface area contributed by atoms with E-state index >= 15 is 0 Å². The van der Waals surface area contributed by atoms with E-state index in [1.807, 2.05) is 31.7 Å². The summed E-state index contributed by atoms with van der Waals surface area (Å²) in [6, 6.07) is 5.35. The molecule has 1 fully saturated rings. The molecule has 1 aliphatic carbocycles. The van der Waals surface area contributed by atoms with Gasteiger partial charge in [-0.15, -0.1) is 0 Å². The maximum Gasteiger partial charge on any atom is 0.410 e. The van der Waals surface area contributed by atoms with Crippen molar-refractivity contribution in [1.82, 2.24) is 4.90 Å². The Morgan fingerprint density at radius 3 is 2.57 bits per heavy atom. The van der Waals surface area contributed by atoms with Gasteiger partial charge in [-0.25, -0.2) is 9.18 Å². The second-order valence-electron chi connectivity index (χ2n) is 7.11. The molecule has 2 rings (SSSR count). The minimum Gasteiger partial charge on any atom is -0.444 e. The van der Waals surface area contributed by atoms with Crippen LogP contribution in [0.3, 0.4) is 0 Å². The van der Waals surface area contributed by atoms with E-state index in [0.717, 1.165) is 31.2 Å². The van der Waals surface area contributed by atoms with Crippen molar-refractivity contribution < 1.29 is 13.9 Å². The van der Waals surface area contributed by atoms with Crippen LogP contribution in [0, 0.1) is 5.82 Å². The first kappa shape index (κ1) is 18.2. The molecule has 1 amide bonds. The molecule has 0 atom stereocenters. The average molecular weight is 386 g/mol. The molecule has 0 unspecified atom stereocenters.